The van der Waals surface area contributed by atoms with Gasteiger partial charge in [-0.15, -0.1) is 24.0 Å². The number of carbonyl (C=O) groups excluding carboxylic acids is 1. The van der Waals surface area contributed by atoms with Crippen LogP contribution in [-0.2, 0) is 4.79 Å². The van der Waals surface area contributed by atoms with Gasteiger partial charge in [0.1, 0.15) is 0 Å². The van der Waals surface area contributed by atoms with E-state index in [0.29, 0.717) is 17.8 Å². The standard InChI is InChI=1S/C19H37N5O.HI/c1-2-3-4-7-10-21-19(20)22-11-12-23-13-15-24(16-14-23)18(25)17-8-5-6-9-17;/h17H,2-16H2,1H3,(H3,20,21,22);1H. The first-order chi connectivity index (χ1) is 12.2. The molecule has 0 aromatic rings. The summed E-state index contributed by atoms with van der Waals surface area (Å²) in [6.07, 6.45) is 9.52. The van der Waals surface area contributed by atoms with Crippen LogP contribution in [0.2, 0.25) is 0 Å². The van der Waals surface area contributed by atoms with Gasteiger partial charge in [0.15, 0.2) is 5.96 Å². The van der Waals surface area contributed by atoms with Gasteiger partial charge in [0.05, 0.1) is 0 Å². The Morgan fingerprint density at radius 1 is 1.12 bits per heavy atom. The summed E-state index contributed by atoms with van der Waals surface area (Å²) in [6, 6.07) is 0. The Labute approximate surface area is 176 Å². The second-order valence-corrected chi connectivity index (χ2v) is 7.40. The molecule has 0 spiro atoms. The minimum absolute atomic E-state index is 0. The van der Waals surface area contributed by atoms with Crippen LogP contribution >= 0.6 is 24.0 Å². The molecular weight excluding hydrogens is 441 g/mol. The van der Waals surface area contributed by atoms with Crippen molar-refractivity contribution in [2.75, 3.05) is 45.8 Å². The quantitative estimate of drug-likeness (QED) is 0.231. The maximum Gasteiger partial charge on any atom is 0.225 e. The molecule has 1 amide bonds. The van der Waals surface area contributed by atoms with E-state index in [-0.39, 0.29) is 24.0 Å². The number of nitrogens with zero attached hydrogens (tertiary/aromatic N) is 3. The summed E-state index contributed by atoms with van der Waals surface area (Å²) in [5, 5.41) is 3.21. The normalized spacial score (nSPS) is 19.4. The molecule has 0 bridgehead atoms. The van der Waals surface area contributed by atoms with E-state index in [1.54, 1.807) is 0 Å². The molecule has 0 atom stereocenters. The zero-order valence-corrected chi connectivity index (χ0v) is 18.7. The first-order valence-corrected chi connectivity index (χ1v) is 10.3. The van der Waals surface area contributed by atoms with E-state index in [1.807, 2.05) is 0 Å². The average molecular weight is 479 g/mol. The van der Waals surface area contributed by atoms with Gasteiger partial charge in [-0.05, 0) is 19.3 Å². The lowest BCUT2D eigenvalue weighted by Gasteiger charge is -2.36. The number of rotatable bonds is 9. The lowest BCUT2D eigenvalue weighted by molar-refractivity contribution is -0.137. The molecule has 1 heterocycles. The van der Waals surface area contributed by atoms with Crippen molar-refractivity contribution in [1.82, 2.24) is 15.1 Å². The van der Waals surface area contributed by atoms with Crippen molar-refractivity contribution < 1.29 is 4.79 Å². The van der Waals surface area contributed by atoms with E-state index < -0.39 is 0 Å². The number of piperazine rings is 1. The van der Waals surface area contributed by atoms with Gasteiger partial charge in [0, 0.05) is 51.7 Å². The number of aliphatic imine (C=N–C) groups is 1. The number of guanidine groups is 1. The van der Waals surface area contributed by atoms with Crippen molar-refractivity contribution in [3.63, 3.8) is 0 Å². The molecule has 3 N–H and O–H groups in total. The number of hydrogen-bond acceptors (Lipinski definition) is 3. The van der Waals surface area contributed by atoms with Crippen LogP contribution in [0.15, 0.2) is 4.99 Å². The largest absolute Gasteiger partial charge is 0.370 e. The van der Waals surface area contributed by atoms with Crippen LogP contribution in [0.1, 0.15) is 58.3 Å². The fourth-order valence-corrected chi connectivity index (χ4v) is 3.76. The zero-order valence-electron chi connectivity index (χ0n) is 16.4. The third-order valence-electron chi connectivity index (χ3n) is 5.42. The zero-order chi connectivity index (χ0) is 17.9. The lowest BCUT2D eigenvalue weighted by atomic mass is 10.1. The first kappa shape index (κ1) is 23.5. The Kier molecular flexibility index (Phi) is 12.3. The van der Waals surface area contributed by atoms with Crippen molar-refractivity contribution in [1.29, 1.82) is 0 Å². The maximum atomic E-state index is 12.4. The second kappa shape index (κ2) is 13.6. The molecule has 7 heteroatoms. The number of amides is 1. The number of halogens is 1. The minimum Gasteiger partial charge on any atom is -0.370 e. The fraction of sp³-hybridized carbons (Fsp3) is 0.895. The molecule has 0 aromatic carbocycles. The van der Waals surface area contributed by atoms with Crippen LogP contribution in [0.25, 0.3) is 0 Å². The van der Waals surface area contributed by atoms with Crippen LogP contribution in [0.3, 0.4) is 0 Å². The van der Waals surface area contributed by atoms with Gasteiger partial charge >= 0.3 is 0 Å². The third kappa shape index (κ3) is 8.41. The fourth-order valence-electron chi connectivity index (χ4n) is 3.76. The van der Waals surface area contributed by atoms with E-state index in [0.717, 1.165) is 65.1 Å². The first-order valence-electron chi connectivity index (χ1n) is 10.3. The van der Waals surface area contributed by atoms with Gasteiger partial charge in [-0.2, -0.15) is 0 Å². The predicted molar refractivity (Wildman–Crippen MR) is 119 cm³/mol. The SMILES string of the molecule is CCCCCCN=C(N)NCCN1CCN(C(=O)C2CCCC2)CC1.I. The van der Waals surface area contributed by atoms with Crippen LogP contribution in [-0.4, -0.2) is 67.5 Å². The molecule has 1 aliphatic carbocycles. The van der Waals surface area contributed by atoms with Gasteiger partial charge in [-0.1, -0.05) is 39.0 Å². The van der Waals surface area contributed by atoms with E-state index in [9.17, 15) is 4.79 Å². The van der Waals surface area contributed by atoms with Gasteiger partial charge in [-0.25, -0.2) is 0 Å². The summed E-state index contributed by atoms with van der Waals surface area (Å²) in [4.78, 5) is 21.3. The highest BCUT2D eigenvalue weighted by molar-refractivity contribution is 14.0. The molecule has 1 aliphatic heterocycles. The molecule has 0 radical (unpaired) electrons. The molecule has 2 rings (SSSR count). The molecule has 1 saturated carbocycles. The molecular formula is C19H38IN5O. The highest BCUT2D eigenvalue weighted by Gasteiger charge is 2.29. The molecule has 26 heavy (non-hydrogen) atoms. The smallest absolute Gasteiger partial charge is 0.225 e. The number of nitrogens with two attached hydrogens (primary N) is 1. The monoisotopic (exact) mass is 479 g/mol. The summed E-state index contributed by atoms with van der Waals surface area (Å²) in [6.45, 7) is 8.48. The third-order valence-corrected chi connectivity index (χ3v) is 5.42. The van der Waals surface area contributed by atoms with Crippen molar-refractivity contribution in [3.05, 3.63) is 0 Å². The Morgan fingerprint density at radius 3 is 2.46 bits per heavy atom. The molecule has 2 fully saturated rings. The van der Waals surface area contributed by atoms with E-state index in [2.05, 4.69) is 27.0 Å². The molecule has 6 nitrogen and oxygen atoms in total. The summed E-state index contributed by atoms with van der Waals surface area (Å²) < 4.78 is 0. The molecule has 1 saturated heterocycles. The van der Waals surface area contributed by atoms with Crippen molar-refractivity contribution >= 4 is 35.8 Å². The summed E-state index contributed by atoms with van der Waals surface area (Å²) in [5.74, 6) is 1.27. The van der Waals surface area contributed by atoms with E-state index >= 15 is 0 Å². The van der Waals surface area contributed by atoms with Crippen LogP contribution in [0, 0.1) is 5.92 Å². The number of nitrogens with one attached hydrogen (secondary N) is 1. The Hall–Kier alpha value is -0.570. The van der Waals surface area contributed by atoms with Crippen molar-refractivity contribution in [3.8, 4) is 0 Å². The molecule has 152 valence electrons. The van der Waals surface area contributed by atoms with E-state index in [4.69, 9.17) is 5.73 Å². The summed E-state index contributed by atoms with van der Waals surface area (Å²) >= 11 is 0. The average Bonchev–Trinajstić information content (AvgIpc) is 3.16. The predicted octanol–water partition coefficient (Wildman–Crippen LogP) is 2.42. The van der Waals surface area contributed by atoms with Crippen LogP contribution < -0.4 is 11.1 Å². The second-order valence-electron chi connectivity index (χ2n) is 7.40. The summed E-state index contributed by atoms with van der Waals surface area (Å²) in [5.41, 5.74) is 5.90. The topological polar surface area (TPSA) is 74.0 Å². The van der Waals surface area contributed by atoms with E-state index in [1.165, 1.54) is 32.1 Å². The van der Waals surface area contributed by atoms with Crippen molar-refractivity contribution in [2.45, 2.75) is 58.3 Å². The van der Waals surface area contributed by atoms with Crippen LogP contribution in [0.5, 0.6) is 0 Å². The van der Waals surface area contributed by atoms with Crippen LogP contribution in [0.4, 0.5) is 0 Å². The van der Waals surface area contributed by atoms with Crippen molar-refractivity contribution in [2.24, 2.45) is 16.6 Å². The highest BCUT2D eigenvalue weighted by Crippen LogP contribution is 2.26. The highest BCUT2D eigenvalue weighted by atomic mass is 127. The molecule has 0 aromatic heterocycles. The van der Waals surface area contributed by atoms with Gasteiger partial charge in [-0.3, -0.25) is 14.7 Å². The number of hydrogen-bond donors (Lipinski definition) is 2. The Bertz CT molecular complexity index is 418. The Balaban J connectivity index is 0.00000338. The number of carbonyl (C=O) groups is 1. The van der Waals surface area contributed by atoms with Gasteiger partial charge in [0.25, 0.3) is 0 Å². The summed E-state index contributed by atoms with van der Waals surface area (Å²) in [7, 11) is 0. The number of unbranched alkanes of at least 4 members (excludes halogenated alkanes) is 3. The molecule has 2 aliphatic rings. The maximum absolute atomic E-state index is 12.4. The minimum atomic E-state index is 0. The van der Waals surface area contributed by atoms with Gasteiger partial charge in [0.2, 0.25) is 5.91 Å². The Morgan fingerprint density at radius 2 is 1.81 bits per heavy atom. The molecule has 0 unspecified atom stereocenters. The van der Waals surface area contributed by atoms with Gasteiger partial charge < -0.3 is 16.0 Å². The lowest BCUT2D eigenvalue weighted by Crippen LogP contribution is -2.51.